The molecular formula is C11H6BrFN4O. The molecular weight excluding hydrogens is 303 g/mol. The van der Waals surface area contributed by atoms with Crippen LogP contribution >= 0.6 is 15.9 Å². The van der Waals surface area contributed by atoms with Crippen molar-refractivity contribution >= 4 is 27.7 Å². The average molecular weight is 309 g/mol. The first-order valence-electron chi connectivity index (χ1n) is 4.81. The van der Waals surface area contributed by atoms with E-state index in [1.54, 1.807) is 0 Å². The number of amides is 1. The van der Waals surface area contributed by atoms with Crippen molar-refractivity contribution in [2.45, 2.75) is 0 Å². The lowest BCUT2D eigenvalue weighted by atomic mass is 10.2. The van der Waals surface area contributed by atoms with Gasteiger partial charge in [0.05, 0.1) is 11.8 Å². The third-order valence-corrected chi connectivity index (χ3v) is 2.86. The third kappa shape index (κ3) is 2.38. The molecule has 0 atom stereocenters. The zero-order valence-corrected chi connectivity index (χ0v) is 10.5. The molecule has 1 aromatic carbocycles. The van der Waals surface area contributed by atoms with Crippen LogP contribution in [-0.2, 0) is 0 Å². The Bertz CT molecular complexity index is 647. The molecule has 1 amide bonds. The predicted molar refractivity (Wildman–Crippen MR) is 65.4 cm³/mol. The Labute approximate surface area is 110 Å². The first-order valence-corrected chi connectivity index (χ1v) is 5.61. The zero-order chi connectivity index (χ0) is 13.1. The van der Waals surface area contributed by atoms with Crippen molar-refractivity contribution in [1.82, 2.24) is 10.2 Å². The van der Waals surface area contributed by atoms with Crippen molar-refractivity contribution in [3.8, 4) is 6.07 Å². The molecule has 7 heteroatoms. The summed E-state index contributed by atoms with van der Waals surface area (Å²) >= 11 is 3.15. The largest absolute Gasteiger partial charge is 0.306 e. The number of carbonyl (C=O) groups excluding carboxylic acids is 1. The number of aromatic amines is 1. The van der Waals surface area contributed by atoms with Gasteiger partial charge in [0, 0.05) is 4.47 Å². The number of hydrogen-bond donors (Lipinski definition) is 2. The summed E-state index contributed by atoms with van der Waals surface area (Å²) in [5, 5.41) is 17.3. The topological polar surface area (TPSA) is 81.6 Å². The van der Waals surface area contributed by atoms with Crippen LogP contribution < -0.4 is 5.32 Å². The number of hydrogen-bond acceptors (Lipinski definition) is 3. The van der Waals surface area contributed by atoms with Crippen LogP contribution in [0, 0.1) is 17.1 Å². The number of benzene rings is 1. The highest BCUT2D eigenvalue weighted by Crippen LogP contribution is 2.19. The van der Waals surface area contributed by atoms with E-state index in [1.807, 2.05) is 6.07 Å². The van der Waals surface area contributed by atoms with Crippen molar-refractivity contribution in [3.63, 3.8) is 0 Å². The van der Waals surface area contributed by atoms with Gasteiger partial charge in [0.1, 0.15) is 23.3 Å². The van der Waals surface area contributed by atoms with E-state index in [0.717, 1.165) is 6.07 Å². The SMILES string of the molecule is N#Cc1cn[nH]c1NC(=O)c1cc(F)ccc1Br. The lowest BCUT2D eigenvalue weighted by Crippen LogP contribution is -2.14. The molecule has 0 unspecified atom stereocenters. The van der Waals surface area contributed by atoms with Crippen molar-refractivity contribution < 1.29 is 9.18 Å². The monoisotopic (exact) mass is 308 g/mol. The number of anilines is 1. The van der Waals surface area contributed by atoms with E-state index in [1.165, 1.54) is 18.3 Å². The van der Waals surface area contributed by atoms with Crippen LogP contribution in [-0.4, -0.2) is 16.1 Å². The summed E-state index contributed by atoms with van der Waals surface area (Å²) in [6.45, 7) is 0. The van der Waals surface area contributed by atoms with Gasteiger partial charge in [-0.3, -0.25) is 9.89 Å². The maximum Gasteiger partial charge on any atom is 0.258 e. The molecule has 2 aromatic rings. The highest BCUT2D eigenvalue weighted by atomic mass is 79.9. The van der Waals surface area contributed by atoms with E-state index >= 15 is 0 Å². The second kappa shape index (κ2) is 4.98. The molecule has 2 rings (SSSR count). The number of nitrogens with zero attached hydrogens (tertiary/aromatic N) is 2. The highest BCUT2D eigenvalue weighted by Gasteiger charge is 2.14. The second-order valence-electron chi connectivity index (χ2n) is 3.35. The van der Waals surface area contributed by atoms with Gasteiger partial charge in [0.25, 0.3) is 5.91 Å². The van der Waals surface area contributed by atoms with E-state index in [0.29, 0.717) is 4.47 Å². The molecule has 1 heterocycles. The minimum absolute atomic E-state index is 0.133. The Morgan fingerprint density at radius 3 is 3.06 bits per heavy atom. The Morgan fingerprint density at radius 2 is 2.33 bits per heavy atom. The molecule has 0 spiro atoms. The number of rotatable bonds is 2. The Kier molecular flexibility index (Phi) is 3.39. The fraction of sp³-hybridized carbons (Fsp3) is 0. The highest BCUT2D eigenvalue weighted by molar-refractivity contribution is 9.10. The lowest BCUT2D eigenvalue weighted by Gasteiger charge is -2.05. The summed E-state index contributed by atoms with van der Waals surface area (Å²) in [6.07, 6.45) is 1.29. The standard InChI is InChI=1S/C11H6BrFN4O/c12-9-2-1-7(13)3-8(9)11(18)16-10-6(4-14)5-15-17-10/h1-3,5H,(H2,15,16,17,18). The Balaban J connectivity index is 2.28. The number of nitriles is 1. The summed E-state index contributed by atoms with van der Waals surface area (Å²) in [4.78, 5) is 11.9. The summed E-state index contributed by atoms with van der Waals surface area (Å²) in [7, 11) is 0. The minimum Gasteiger partial charge on any atom is -0.306 e. The average Bonchev–Trinajstić information content (AvgIpc) is 2.79. The third-order valence-electron chi connectivity index (χ3n) is 2.17. The van der Waals surface area contributed by atoms with Gasteiger partial charge < -0.3 is 5.32 Å². The van der Waals surface area contributed by atoms with Gasteiger partial charge in [0.15, 0.2) is 0 Å². The van der Waals surface area contributed by atoms with Gasteiger partial charge >= 0.3 is 0 Å². The number of carbonyl (C=O) groups is 1. The van der Waals surface area contributed by atoms with E-state index < -0.39 is 11.7 Å². The normalized spacial score (nSPS) is 9.83. The molecule has 0 radical (unpaired) electrons. The van der Waals surface area contributed by atoms with Gasteiger partial charge in [-0.25, -0.2) is 4.39 Å². The quantitative estimate of drug-likeness (QED) is 0.894. The van der Waals surface area contributed by atoms with E-state index in [4.69, 9.17) is 5.26 Å². The lowest BCUT2D eigenvalue weighted by molar-refractivity contribution is 0.102. The fourth-order valence-corrected chi connectivity index (χ4v) is 1.75. The van der Waals surface area contributed by atoms with Gasteiger partial charge in [-0.15, -0.1) is 0 Å². The van der Waals surface area contributed by atoms with Crippen LogP contribution in [0.1, 0.15) is 15.9 Å². The number of halogens is 2. The predicted octanol–water partition coefficient (Wildman–Crippen LogP) is 2.44. The molecule has 0 saturated heterocycles. The van der Waals surface area contributed by atoms with Crippen LogP contribution in [0.15, 0.2) is 28.9 Å². The molecule has 0 bridgehead atoms. The van der Waals surface area contributed by atoms with Gasteiger partial charge in [-0.2, -0.15) is 10.4 Å². The summed E-state index contributed by atoms with van der Waals surface area (Å²) in [6, 6.07) is 5.63. The van der Waals surface area contributed by atoms with Crippen LogP contribution in [0.25, 0.3) is 0 Å². The molecule has 1 aromatic heterocycles. The van der Waals surface area contributed by atoms with Gasteiger partial charge in [-0.1, -0.05) is 0 Å². The Hall–Kier alpha value is -2.20. The summed E-state index contributed by atoms with van der Waals surface area (Å²) < 4.78 is 13.5. The molecule has 0 aliphatic heterocycles. The maximum absolute atomic E-state index is 13.1. The molecule has 0 aliphatic rings. The van der Waals surface area contributed by atoms with Gasteiger partial charge in [-0.05, 0) is 34.1 Å². The number of aromatic nitrogens is 2. The van der Waals surface area contributed by atoms with Crippen LogP contribution in [0.5, 0.6) is 0 Å². The maximum atomic E-state index is 13.1. The number of nitrogens with one attached hydrogen (secondary N) is 2. The summed E-state index contributed by atoms with van der Waals surface area (Å²) in [5.41, 5.74) is 0.337. The molecule has 2 N–H and O–H groups in total. The van der Waals surface area contributed by atoms with Gasteiger partial charge in [0.2, 0.25) is 0 Å². The van der Waals surface area contributed by atoms with E-state index in [-0.39, 0.29) is 16.9 Å². The van der Waals surface area contributed by atoms with Crippen LogP contribution in [0.2, 0.25) is 0 Å². The van der Waals surface area contributed by atoms with Crippen molar-refractivity contribution in [2.75, 3.05) is 5.32 Å². The van der Waals surface area contributed by atoms with Crippen molar-refractivity contribution in [1.29, 1.82) is 5.26 Å². The molecule has 0 aliphatic carbocycles. The molecule has 18 heavy (non-hydrogen) atoms. The van der Waals surface area contributed by atoms with E-state index in [9.17, 15) is 9.18 Å². The molecule has 90 valence electrons. The second-order valence-corrected chi connectivity index (χ2v) is 4.20. The number of H-pyrrole nitrogens is 1. The molecule has 0 saturated carbocycles. The van der Waals surface area contributed by atoms with Crippen LogP contribution in [0.4, 0.5) is 10.2 Å². The zero-order valence-electron chi connectivity index (χ0n) is 8.87. The Morgan fingerprint density at radius 1 is 1.56 bits per heavy atom. The van der Waals surface area contributed by atoms with E-state index in [2.05, 4.69) is 31.4 Å². The molecule has 0 fully saturated rings. The first-order chi connectivity index (χ1) is 8.61. The van der Waals surface area contributed by atoms with Crippen LogP contribution in [0.3, 0.4) is 0 Å². The van der Waals surface area contributed by atoms with Crippen molar-refractivity contribution in [3.05, 3.63) is 45.8 Å². The summed E-state index contributed by atoms with van der Waals surface area (Å²) in [5.74, 6) is -0.880. The van der Waals surface area contributed by atoms with Crippen molar-refractivity contribution in [2.24, 2.45) is 0 Å². The molecule has 5 nitrogen and oxygen atoms in total. The minimum atomic E-state index is -0.540. The fourth-order valence-electron chi connectivity index (χ4n) is 1.32. The first kappa shape index (κ1) is 12.3. The smallest absolute Gasteiger partial charge is 0.258 e.